The van der Waals surface area contributed by atoms with E-state index in [2.05, 4.69) is 20.8 Å². The molecule has 2 aliphatic rings. The zero-order valence-electron chi connectivity index (χ0n) is 15.9. The molecule has 1 aromatic heterocycles. The van der Waals surface area contributed by atoms with Crippen molar-refractivity contribution in [3.05, 3.63) is 39.7 Å². The molecule has 1 saturated heterocycles. The number of carbonyl (C=O) groups is 1. The Bertz CT molecular complexity index is 863. The van der Waals surface area contributed by atoms with Crippen molar-refractivity contribution in [3.63, 3.8) is 0 Å². The molecule has 144 valence electrons. The molecule has 1 aromatic carbocycles. The molecule has 0 bridgehead atoms. The van der Waals surface area contributed by atoms with Gasteiger partial charge in [-0.05, 0) is 49.1 Å². The van der Waals surface area contributed by atoms with Crippen LogP contribution in [0.3, 0.4) is 0 Å². The van der Waals surface area contributed by atoms with Gasteiger partial charge in [-0.1, -0.05) is 44.5 Å². The molecule has 2 fully saturated rings. The van der Waals surface area contributed by atoms with Crippen LogP contribution >= 0.6 is 22.9 Å². The molecule has 1 atom stereocenters. The summed E-state index contributed by atoms with van der Waals surface area (Å²) in [5.41, 5.74) is 6.36. The fraction of sp³-hybridized carbons (Fsp3) is 0.524. The Balaban J connectivity index is 1.60. The number of nitrogens with two attached hydrogens (primary N) is 1. The number of ether oxygens (including phenoxy) is 1. The minimum atomic E-state index is -1.06. The van der Waals surface area contributed by atoms with Crippen LogP contribution in [-0.2, 0) is 15.1 Å². The van der Waals surface area contributed by atoms with E-state index in [1.54, 1.807) is 0 Å². The molecule has 6 heteroatoms. The van der Waals surface area contributed by atoms with Crippen molar-refractivity contribution in [2.24, 2.45) is 17.1 Å². The third-order valence-electron chi connectivity index (χ3n) is 6.26. The smallest absolute Gasteiger partial charge is 0.259 e. The highest BCUT2D eigenvalue weighted by Crippen LogP contribution is 2.64. The van der Waals surface area contributed by atoms with Crippen LogP contribution < -0.4 is 5.73 Å². The van der Waals surface area contributed by atoms with E-state index in [9.17, 15) is 4.79 Å². The van der Waals surface area contributed by atoms with Gasteiger partial charge in [0.2, 0.25) is 5.60 Å². The van der Waals surface area contributed by atoms with E-state index in [1.807, 2.05) is 29.6 Å². The molecule has 4 rings (SSSR count). The van der Waals surface area contributed by atoms with Crippen LogP contribution in [0.2, 0.25) is 5.02 Å². The number of carbonyl (C=O) groups excluding carboxylic acids is 1. The van der Waals surface area contributed by atoms with Crippen LogP contribution in [0.25, 0.3) is 11.3 Å². The van der Waals surface area contributed by atoms with E-state index in [0.717, 1.165) is 36.9 Å². The Labute approximate surface area is 169 Å². The lowest BCUT2D eigenvalue weighted by atomic mass is 9.67. The van der Waals surface area contributed by atoms with Crippen molar-refractivity contribution in [2.75, 3.05) is 0 Å². The summed E-state index contributed by atoms with van der Waals surface area (Å²) in [6.45, 7) is 6.85. The summed E-state index contributed by atoms with van der Waals surface area (Å²) in [6, 6.07) is 7.53. The fourth-order valence-electron chi connectivity index (χ4n) is 4.48. The number of rotatable bonds is 3. The fourth-order valence-corrected chi connectivity index (χ4v) is 5.66. The van der Waals surface area contributed by atoms with Gasteiger partial charge in [0.15, 0.2) is 0 Å². The minimum Gasteiger partial charge on any atom is -0.367 e. The van der Waals surface area contributed by atoms with Crippen molar-refractivity contribution < 1.29 is 9.53 Å². The van der Waals surface area contributed by atoms with Crippen LogP contribution in [0.4, 0.5) is 0 Å². The summed E-state index contributed by atoms with van der Waals surface area (Å²) in [5.74, 6) is 0.215. The maximum atomic E-state index is 12.5. The number of thiazole rings is 1. The topological polar surface area (TPSA) is 68.5 Å². The van der Waals surface area contributed by atoms with Crippen LogP contribution in [-0.4, -0.2) is 16.5 Å². The van der Waals surface area contributed by atoms with Gasteiger partial charge in [0.05, 0.1) is 5.69 Å². The predicted molar refractivity (Wildman–Crippen MR) is 109 cm³/mol. The summed E-state index contributed by atoms with van der Waals surface area (Å²) >= 11 is 7.42. The van der Waals surface area contributed by atoms with Gasteiger partial charge in [0.1, 0.15) is 10.6 Å². The Kier molecular flexibility index (Phi) is 4.41. The normalized spacial score (nSPS) is 30.4. The molecule has 0 radical (unpaired) electrons. The Morgan fingerprint density at radius 2 is 1.89 bits per heavy atom. The number of amides is 1. The van der Waals surface area contributed by atoms with E-state index < -0.39 is 17.1 Å². The number of halogens is 1. The highest BCUT2D eigenvalue weighted by Gasteiger charge is 2.76. The summed E-state index contributed by atoms with van der Waals surface area (Å²) in [7, 11) is 0. The number of nitrogens with zero attached hydrogens (tertiary/aromatic N) is 1. The monoisotopic (exact) mass is 404 g/mol. The Morgan fingerprint density at radius 1 is 1.26 bits per heavy atom. The lowest BCUT2D eigenvalue weighted by molar-refractivity contribution is -0.123. The van der Waals surface area contributed by atoms with Gasteiger partial charge < -0.3 is 10.5 Å². The van der Waals surface area contributed by atoms with Crippen LogP contribution in [0, 0.1) is 11.3 Å². The maximum absolute atomic E-state index is 12.5. The molecule has 2 aromatic rings. The van der Waals surface area contributed by atoms with Gasteiger partial charge in [-0.25, -0.2) is 4.98 Å². The van der Waals surface area contributed by atoms with Gasteiger partial charge >= 0.3 is 0 Å². The molecule has 1 saturated carbocycles. The first-order chi connectivity index (χ1) is 12.7. The second-order valence-electron chi connectivity index (χ2n) is 8.83. The number of primary amides is 1. The standard InChI is InChI=1S/C21H25ClN2O2S/c1-19(2,3)14-8-10-20(11-9-14)21(26-20,17(23)25)18-24-16(12-27-18)13-4-6-15(22)7-5-13/h4-7,12,14H,8-11H2,1-3H3,(H2,23,25)/t14?,20?,21-/m1/s1. The summed E-state index contributed by atoms with van der Waals surface area (Å²) < 4.78 is 6.16. The SMILES string of the molecule is CC(C)(C)C1CCC2(CC1)O[C@]2(C(N)=O)c1nc(-c2ccc(Cl)cc2)cs1. The molecule has 27 heavy (non-hydrogen) atoms. The van der Waals surface area contributed by atoms with E-state index in [1.165, 1.54) is 11.3 Å². The molecule has 0 unspecified atom stereocenters. The van der Waals surface area contributed by atoms with Gasteiger partial charge in [0.25, 0.3) is 5.91 Å². The predicted octanol–water partition coefficient (Wildman–Crippen LogP) is 5.15. The molecule has 2 N–H and O–H groups in total. The van der Waals surface area contributed by atoms with Crippen molar-refractivity contribution in [1.82, 2.24) is 4.98 Å². The zero-order valence-corrected chi connectivity index (χ0v) is 17.5. The van der Waals surface area contributed by atoms with E-state index in [4.69, 9.17) is 27.1 Å². The van der Waals surface area contributed by atoms with Gasteiger partial charge in [-0.15, -0.1) is 11.3 Å². The lowest BCUT2D eigenvalue weighted by Crippen LogP contribution is -2.40. The van der Waals surface area contributed by atoms with Crippen molar-refractivity contribution in [1.29, 1.82) is 0 Å². The van der Waals surface area contributed by atoms with E-state index in [-0.39, 0.29) is 5.41 Å². The average molecular weight is 405 g/mol. The highest BCUT2D eigenvalue weighted by atomic mass is 35.5. The molecule has 1 amide bonds. The highest BCUT2D eigenvalue weighted by molar-refractivity contribution is 7.10. The summed E-state index contributed by atoms with van der Waals surface area (Å²) in [4.78, 5) is 17.2. The third kappa shape index (κ3) is 3.00. The maximum Gasteiger partial charge on any atom is 0.259 e. The summed E-state index contributed by atoms with van der Waals surface area (Å²) in [6.07, 6.45) is 3.81. The Hall–Kier alpha value is -1.43. The number of epoxide rings is 1. The lowest BCUT2D eigenvalue weighted by Gasteiger charge is -2.36. The second-order valence-corrected chi connectivity index (χ2v) is 10.1. The molecular formula is C21H25ClN2O2S. The number of hydrogen-bond acceptors (Lipinski definition) is 4. The first-order valence-electron chi connectivity index (χ1n) is 9.40. The van der Waals surface area contributed by atoms with Crippen molar-refractivity contribution >= 4 is 28.8 Å². The van der Waals surface area contributed by atoms with E-state index in [0.29, 0.717) is 15.9 Å². The first kappa shape index (κ1) is 18.9. The van der Waals surface area contributed by atoms with Gasteiger partial charge in [-0.2, -0.15) is 0 Å². The number of aromatic nitrogens is 1. The van der Waals surface area contributed by atoms with Crippen molar-refractivity contribution in [3.8, 4) is 11.3 Å². The number of benzene rings is 1. The third-order valence-corrected chi connectivity index (χ3v) is 7.45. The van der Waals surface area contributed by atoms with Gasteiger partial charge in [0, 0.05) is 16.0 Å². The molecular weight excluding hydrogens is 380 g/mol. The molecule has 1 spiro atoms. The van der Waals surface area contributed by atoms with Gasteiger partial charge in [-0.3, -0.25) is 4.79 Å². The first-order valence-corrected chi connectivity index (χ1v) is 10.7. The molecule has 1 aliphatic carbocycles. The van der Waals surface area contributed by atoms with E-state index >= 15 is 0 Å². The number of hydrogen-bond donors (Lipinski definition) is 1. The molecule has 4 nitrogen and oxygen atoms in total. The average Bonchev–Trinajstić information content (AvgIpc) is 3.00. The zero-order chi connectivity index (χ0) is 19.4. The minimum absolute atomic E-state index is 0.273. The molecule has 2 heterocycles. The van der Waals surface area contributed by atoms with Crippen LogP contribution in [0.5, 0.6) is 0 Å². The van der Waals surface area contributed by atoms with Crippen LogP contribution in [0.1, 0.15) is 51.5 Å². The Morgan fingerprint density at radius 3 is 2.44 bits per heavy atom. The second kappa shape index (κ2) is 6.29. The quantitative estimate of drug-likeness (QED) is 0.719. The molecule has 1 aliphatic heterocycles. The van der Waals surface area contributed by atoms with Crippen LogP contribution in [0.15, 0.2) is 29.6 Å². The van der Waals surface area contributed by atoms with Crippen molar-refractivity contribution in [2.45, 2.75) is 57.7 Å². The largest absolute Gasteiger partial charge is 0.367 e. The summed E-state index contributed by atoms with van der Waals surface area (Å²) in [5, 5.41) is 3.32.